The molecule has 1 aromatic carbocycles. The fourth-order valence-corrected chi connectivity index (χ4v) is 2.60. The Morgan fingerprint density at radius 2 is 1.95 bits per heavy atom. The van der Waals surface area contributed by atoms with Crippen molar-refractivity contribution in [2.75, 3.05) is 12.3 Å². The molecule has 2 N–H and O–H groups in total. The van der Waals surface area contributed by atoms with Crippen LogP contribution in [-0.2, 0) is 13.1 Å². The van der Waals surface area contributed by atoms with Gasteiger partial charge in [0, 0.05) is 29.2 Å². The van der Waals surface area contributed by atoms with E-state index in [-0.39, 0.29) is 12.4 Å². The summed E-state index contributed by atoms with van der Waals surface area (Å²) in [5.41, 5.74) is 6.90. The number of nitrogens with zero attached hydrogens (tertiary/aromatic N) is 2. The molecule has 2 rings (SSSR count). The van der Waals surface area contributed by atoms with Crippen LogP contribution >= 0.6 is 35.3 Å². The van der Waals surface area contributed by atoms with Gasteiger partial charge in [0.2, 0.25) is 0 Å². The number of halogens is 2. The third kappa shape index (κ3) is 4.99. The van der Waals surface area contributed by atoms with Gasteiger partial charge in [-0.15, -0.1) is 23.7 Å². The molecule has 0 bridgehead atoms. The molecule has 3 nitrogen and oxygen atoms in total. The van der Waals surface area contributed by atoms with Crippen LogP contribution in [0.5, 0.6) is 0 Å². The Balaban J connectivity index is 0.00000180. The van der Waals surface area contributed by atoms with Gasteiger partial charge < -0.3 is 5.73 Å². The minimum Gasteiger partial charge on any atom is -0.375 e. The molecular formula is C13H17Cl2N3S. The highest BCUT2D eigenvalue weighted by Gasteiger charge is 2.07. The highest BCUT2D eigenvalue weighted by molar-refractivity contribution is 7.15. The predicted octanol–water partition coefficient (Wildman–Crippen LogP) is 3.82. The Hall–Kier alpha value is -0.810. The van der Waals surface area contributed by atoms with Crippen LogP contribution in [-0.4, -0.2) is 16.4 Å². The monoisotopic (exact) mass is 317 g/mol. The maximum absolute atomic E-state index is 5.88. The lowest BCUT2D eigenvalue weighted by Crippen LogP contribution is -2.21. The van der Waals surface area contributed by atoms with Crippen LogP contribution < -0.4 is 5.73 Å². The standard InChI is InChI=1S/C13H16ClN3S.ClH/c1-2-17(9-12-7-16-13(15)18-12)8-10-3-5-11(14)6-4-10;/h3-7H,2,8-9H2,1H3,(H2,15,16);1H. The molecule has 19 heavy (non-hydrogen) atoms. The van der Waals surface area contributed by atoms with Gasteiger partial charge in [-0.05, 0) is 24.2 Å². The Morgan fingerprint density at radius 1 is 1.26 bits per heavy atom. The Morgan fingerprint density at radius 3 is 2.47 bits per heavy atom. The third-order valence-corrected chi connectivity index (χ3v) is 3.78. The first-order valence-electron chi connectivity index (χ1n) is 5.84. The second-order valence-electron chi connectivity index (χ2n) is 4.09. The minimum atomic E-state index is 0. The van der Waals surface area contributed by atoms with Gasteiger partial charge in [-0.3, -0.25) is 4.90 Å². The van der Waals surface area contributed by atoms with Crippen molar-refractivity contribution in [2.45, 2.75) is 20.0 Å². The van der Waals surface area contributed by atoms with Crippen molar-refractivity contribution in [1.82, 2.24) is 9.88 Å². The topological polar surface area (TPSA) is 42.2 Å². The van der Waals surface area contributed by atoms with Gasteiger partial charge in [0.15, 0.2) is 5.13 Å². The van der Waals surface area contributed by atoms with E-state index in [1.807, 2.05) is 18.3 Å². The molecule has 0 fully saturated rings. The number of thiazole rings is 1. The van der Waals surface area contributed by atoms with Gasteiger partial charge in [-0.25, -0.2) is 4.98 Å². The highest BCUT2D eigenvalue weighted by atomic mass is 35.5. The summed E-state index contributed by atoms with van der Waals surface area (Å²) in [6.45, 7) is 4.93. The van der Waals surface area contributed by atoms with Crippen molar-refractivity contribution >= 4 is 40.5 Å². The van der Waals surface area contributed by atoms with Crippen LogP contribution in [0.15, 0.2) is 30.5 Å². The maximum Gasteiger partial charge on any atom is 0.180 e. The molecule has 2 aromatic rings. The zero-order valence-electron chi connectivity index (χ0n) is 10.7. The molecule has 0 spiro atoms. The summed E-state index contributed by atoms with van der Waals surface area (Å²) in [4.78, 5) is 7.62. The van der Waals surface area contributed by atoms with Crippen LogP contribution in [0.3, 0.4) is 0 Å². The lowest BCUT2D eigenvalue weighted by atomic mass is 10.2. The largest absolute Gasteiger partial charge is 0.375 e. The van der Waals surface area contributed by atoms with Crippen LogP contribution in [0.4, 0.5) is 5.13 Å². The van der Waals surface area contributed by atoms with Crippen molar-refractivity contribution in [3.05, 3.63) is 45.9 Å². The van der Waals surface area contributed by atoms with E-state index < -0.39 is 0 Å². The Labute approximate surface area is 128 Å². The summed E-state index contributed by atoms with van der Waals surface area (Å²) in [5, 5.41) is 1.41. The number of aromatic nitrogens is 1. The number of anilines is 1. The van der Waals surface area contributed by atoms with Gasteiger partial charge in [0.25, 0.3) is 0 Å². The van der Waals surface area contributed by atoms with E-state index in [0.29, 0.717) is 5.13 Å². The van der Waals surface area contributed by atoms with E-state index >= 15 is 0 Å². The molecule has 0 amide bonds. The van der Waals surface area contributed by atoms with E-state index in [1.54, 1.807) is 11.3 Å². The molecule has 0 saturated heterocycles. The summed E-state index contributed by atoms with van der Waals surface area (Å²) < 4.78 is 0. The van der Waals surface area contributed by atoms with Crippen molar-refractivity contribution in [3.63, 3.8) is 0 Å². The molecular weight excluding hydrogens is 301 g/mol. The second kappa shape index (κ2) is 7.70. The lowest BCUT2D eigenvalue weighted by molar-refractivity contribution is 0.273. The highest BCUT2D eigenvalue weighted by Crippen LogP contribution is 2.18. The van der Waals surface area contributed by atoms with Crippen LogP contribution in [0, 0.1) is 0 Å². The smallest absolute Gasteiger partial charge is 0.180 e. The molecule has 1 aromatic heterocycles. The van der Waals surface area contributed by atoms with Crippen LogP contribution in [0.2, 0.25) is 5.02 Å². The number of benzene rings is 1. The molecule has 104 valence electrons. The summed E-state index contributed by atoms with van der Waals surface area (Å²) in [6, 6.07) is 7.98. The molecule has 1 heterocycles. The Bertz CT molecular complexity index is 499. The fourth-order valence-electron chi connectivity index (χ4n) is 1.74. The van der Waals surface area contributed by atoms with E-state index in [2.05, 4.69) is 28.9 Å². The lowest BCUT2D eigenvalue weighted by Gasteiger charge is -2.19. The molecule has 0 unspecified atom stereocenters. The minimum absolute atomic E-state index is 0. The van der Waals surface area contributed by atoms with E-state index in [9.17, 15) is 0 Å². The molecule has 6 heteroatoms. The number of hydrogen-bond acceptors (Lipinski definition) is 4. The normalized spacial score (nSPS) is 10.5. The number of rotatable bonds is 5. The summed E-state index contributed by atoms with van der Waals surface area (Å²) >= 11 is 7.43. The second-order valence-corrected chi connectivity index (χ2v) is 5.68. The number of nitrogen functional groups attached to an aromatic ring is 1. The number of nitrogens with two attached hydrogens (primary N) is 1. The van der Waals surface area contributed by atoms with Gasteiger partial charge in [-0.2, -0.15) is 0 Å². The predicted molar refractivity (Wildman–Crippen MR) is 85.0 cm³/mol. The fraction of sp³-hybridized carbons (Fsp3) is 0.308. The van der Waals surface area contributed by atoms with Crippen LogP contribution in [0.25, 0.3) is 0 Å². The average Bonchev–Trinajstić information content (AvgIpc) is 2.77. The van der Waals surface area contributed by atoms with Gasteiger partial charge in [0.05, 0.1) is 0 Å². The molecule has 0 saturated carbocycles. The zero-order valence-corrected chi connectivity index (χ0v) is 13.1. The quantitative estimate of drug-likeness (QED) is 0.911. The number of hydrogen-bond donors (Lipinski definition) is 1. The Kier molecular flexibility index (Phi) is 6.58. The first-order valence-corrected chi connectivity index (χ1v) is 7.04. The average molecular weight is 318 g/mol. The van der Waals surface area contributed by atoms with Crippen molar-refractivity contribution < 1.29 is 0 Å². The van der Waals surface area contributed by atoms with Crippen molar-refractivity contribution in [3.8, 4) is 0 Å². The van der Waals surface area contributed by atoms with E-state index in [1.165, 1.54) is 10.4 Å². The molecule has 0 aliphatic heterocycles. The van der Waals surface area contributed by atoms with Gasteiger partial charge in [0.1, 0.15) is 0 Å². The summed E-state index contributed by atoms with van der Waals surface area (Å²) in [6.07, 6.45) is 1.85. The molecule has 0 aliphatic carbocycles. The van der Waals surface area contributed by atoms with Gasteiger partial charge >= 0.3 is 0 Å². The molecule has 0 radical (unpaired) electrons. The molecule has 0 atom stereocenters. The van der Waals surface area contributed by atoms with Crippen molar-refractivity contribution in [1.29, 1.82) is 0 Å². The summed E-state index contributed by atoms with van der Waals surface area (Å²) in [7, 11) is 0. The zero-order chi connectivity index (χ0) is 13.0. The molecule has 0 aliphatic rings. The van der Waals surface area contributed by atoms with E-state index in [4.69, 9.17) is 17.3 Å². The third-order valence-electron chi connectivity index (χ3n) is 2.72. The maximum atomic E-state index is 5.88. The van der Waals surface area contributed by atoms with Crippen molar-refractivity contribution in [2.24, 2.45) is 0 Å². The van der Waals surface area contributed by atoms with E-state index in [0.717, 1.165) is 24.7 Å². The SMILES string of the molecule is CCN(Cc1ccc(Cl)cc1)Cc1cnc(N)s1.Cl. The van der Waals surface area contributed by atoms with Gasteiger partial charge in [-0.1, -0.05) is 30.7 Å². The summed E-state index contributed by atoms with van der Waals surface area (Å²) in [5.74, 6) is 0. The first-order chi connectivity index (χ1) is 8.67. The van der Waals surface area contributed by atoms with Crippen LogP contribution in [0.1, 0.15) is 17.4 Å². The first kappa shape index (κ1) is 16.2.